The lowest BCUT2D eigenvalue weighted by atomic mass is 10.1. The van der Waals surface area contributed by atoms with Crippen molar-refractivity contribution in [1.82, 2.24) is 14.4 Å². The number of fused-ring (bicyclic) bond motifs is 3. The molecule has 0 spiro atoms. The Bertz CT molecular complexity index is 1050. The van der Waals surface area contributed by atoms with Gasteiger partial charge in [-0.25, -0.2) is 9.97 Å². The van der Waals surface area contributed by atoms with E-state index >= 15 is 0 Å². The molecule has 0 bridgehead atoms. The highest BCUT2D eigenvalue weighted by Gasteiger charge is 2.14. The van der Waals surface area contributed by atoms with Crippen LogP contribution in [0.5, 0.6) is 5.75 Å². The average molecular weight is 318 g/mol. The number of anilines is 1. The molecule has 1 N–H and O–H groups in total. The normalized spacial score (nSPS) is 11.1. The van der Waals surface area contributed by atoms with Crippen molar-refractivity contribution >= 4 is 22.5 Å². The maximum absolute atomic E-state index is 5.36. The quantitative estimate of drug-likeness (QED) is 0.622. The maximum atomic E-state index is 5.36. The summed E-state index contributed by atoms with van der Waals surface area (Å²) in [6.07, 6.45) is 1.88. The molecule has 0 radical (unpaired) electrons. The van der Waals surface area contributed by atoms with Gasteiger partial charge in [0.1, 0.15) is 5.75 Å². The first-order valence-corrected chi connectivity index (χ1v) is 7.81. The van der Waals surface area contributed by atoms with Crippen LogP contribution in [0, 0.1) is 6.92 Å². The van der Waals surface area contributed by atoms with Gasteiger partial charge >= 0.3 is 0 Å². The molecule has 4 rings (SSSR count). The van der Waals surface area contributed by atoms with Crippen molar-refractivity contribution in [2.45, 2.75) is 6.92 Å². The molecule has 0 atom stereocenters. The number of imidazole rings is 1. The molecule has 24 heavy (non-hydrogen) atoms. The van der Waals surface area contributed by atoms with Crippen molar-refractivity contribution in [2.75, 3.05) is 19.5 Å². The highest BCUT2D eigenvalue weighted by molar-refractivity contribution is 5.86. The van der Waals surface area contributed by atoms with Crippen LogP contribution in [0.3, 0.4) is 0 Å². The molecule has 0 unspecified atom stereocenters. The fourth-order valence-electron chi connectivity index (χ4n) is 2.99. The van der Waals surface area contributed by atoms with Gasteiger partial charge in [0, 0.05) is 12.6 Å². The zero-order valence-electron chi connectivity index (χ0n) is 13.9. The summed E-state index contributed by atoms with van der Waals surface area (Å²) in [5.41, 5.74) is 6.04. The Morgan fingerprint density at radius 1 is 1.12 bits per heavy atom. The van der Waals surface area contributed by atoms with E-state index in [-0.39, 0.29) is 0 Å². The molecule has 0 saturated heterocycles. The topological polar surface area (TPSA) is 51.5 Å². The van der Waals surface area contributed by atoms with Gasteiger partial charge in [-0.05, 0) is 36.8 Å². The first-order valence-electron chi connectivity index (χ1n) is 7.81. The minimum absolute atomic E-state index is 0.764. The Balaban J connectivity index is 2.11. The Hall–Kier alpha value is -3.08. The van der Waals surface area contributed by atoms with Gasteiger partial charge < -0.3 is 10.1 Å². The third-order valence-corrected chi connectivity index (χ3v) is 4.18. The highest BCUT2D eigenvalue weighted by Crippen LogP contribution is 2.30. The van der Waals surface area contributed by atoms with Crippen LogP contribution in [0.1, 0.15) is 5.56 Å². The molecule has 0 aliphatic rings. The van der Waals surface area contributed by atoms with Gasteiger partial charge in [-0.15, -0.1) is 0 Å². The summed E-state index contributed by atoms with van der Waals surface area (Å²) in [4.78, 5) is 9.28. The Morgan fingerprint density at radius 3 is 2.79 bits per heavy atom. The summed E-state index contributed by atoms with van der Waals surface area (Å²) in [7, 11) is 3.54. The molecule has 0 aliphatic carbocycles. The van der Waals surface area contributed by atoms with E-state index in [2.05, 4.69) is 44.8 Å². The van der Waals surface area contributed by atoms with Gasteiger partial charge in [-0.3, -0.25) is 4.40 Å². The number of benzene rings is 2. The number of aryl methyl sites for hydroxylation is 1. The minimum atomic E-state index is 0.764. The number of hydrogen-bond donors (Lipinski definition) is 1. The number of nitrogens with zero attached hydrogens (tertiary/aromatic N) is 3. The highest BCUT2D eigenvalue weighted by atomic mass is 16.5. The van der Waals surface area contributed by atoms with Crippen molar-refractivity contribution in [1.29, 1.82) is 0 Å². The predicted molar refractivity (Wildman–Crippen MR) is 96.8 cm³/mol. The minimum Gasteiger partial charge on any atom is -0.497 e. The molecule has 2 heterocycles. The van der Waals surface area contributed by atoms with E-state index in [1.54, 1.807) is 7.11 Å². The molecular formula is C19H18N4O. The maximum Gasteiger partial charge on any atom is 0.181 e. The molecule has 5 nitrogen and oxygen atoms in total. The molecule has 120 valence electrons. The Morgan fingerprint density at radius 2 is 2.00 bits per heavy atom. The van der Waals surface area contributed by atoms with E-state index in [1.807, 2.05) is 37.5 Å². The third kappa shape index (κ3) is 2.17. The molecule has 0 saturated carbocycles. The molecule has 2 aromatic carbocycles. The van der Waals surface area contributed by atoms with Crippen LogP contribution in [0.4, 0.5) is 5.82 Å². The largest absolute Gasteiger partial charge is 0.497 e. The van der Waals surface area contributed by atoms with Crippen molar-refractivity contribution in [2.24, 2.45) is 0 Å². The number of ether oxygens (including phenoxy) is 1. The van der Waals surface area contributed by atoms with Gasteiger partial charge in [0.2, 0.25) is 0 Å². The summed E-state index contributed by atoms with van der Waals surface area (Å²) >= 11 is 0. The van der Waals surface area contributed by atoms with Crippen LogP contribution in [0.15, 0.2) is 48.7 Å². The smallest absolute Gasteiger partial charge is 0.181 e. The van der Waals surface area contributed by atoms with Crippen LogP contribution in [0.25, 0.3) is 27.9 Å². The van der Waals surface area contributed by atoms with E-state index in [1.165, 1.54) is 5.56 Å². The van der Waals surface area contributed by atoms with E-state index in [0.717, 1.165) is 39.5 Å². The molecule has 0 fully saturated rings. The third-order valence-electron chi connectivity index (χ3n) is 4.18. The molecule has 0 aliphatic heterocycles. The fourth-order valence-corrected chi connectivity index (χ4v) is 2.99. The summed E-state index contributed by atoms with van der Waals surface area (Å²) in [5, 5.41) is 3.14. The predicted octanol–water partition coefficient (Wildman–Crippen LogP) is 3.91. The van der Waals surface area contributed by atoms with Gasteiger partial charge in [0.15, 0.2) is 11.5 Å². The van der Waals surface area contributed by atoms with Crippen LogP contribution in [-0.4, -0.2) is 28.5 Å². The molecule has 5 heteroatoms. The first kappa shape index (κ1) is 14.5. The lowest BCUT2D eigenvalue weighted by Crippen LogP contribution is -2.01. The second-order valence-electron chi connectivity index (χ2n) is 5.74. The van der Waals surface area contributed by atoms with Gasteiger partial charge in [0.25, 0.3) is 0 Å². The fraction of sp³-hybridized carbons (Fsp3) is 0.158. The van der Waals surface area contributed by atoms with Crippen molar-refractivity contribution < 1.29 is 4.74 Å². The van der Waals surface area contributed by atoms with Crippen LogP contribution >= 0.6 is 0 Å². The summed E-state index contributed by atoms with van der Waals surface area (Å²) < 4.78 is 7.51. The molecular weight excluding hydrogens is 300 g/mol. The van der Waals surface area contributed by atoms with E-state index in [9.17, 15) is 0 Å². The van der Waals surface area contributed by atoms with Crippen molar-refractivity contribution in [3.63, 3.8) is 0 Å². The summed E-state index contributed by atoms with van der Waals surface area (Å²) in [6, 6.07) is 14.3. The number of methoxy groups -OCH3 is 1. The number of nitrogens with one attached hydrogen (secondary N) is 1. The van der Waals surface area contributed by atoms with E-state index < -0.39 is 0 Å². The number of rotatable bonds is 3. The van der Waals surface area contributed by atoms with Crippen LogP contribution in [0.2, 0.25) is 0 Å². The molecule has 0 amide bonds. The number of hydrogen-bond acceptors (Lipinski definition) is 4. The Labute approximate surface area is 139 Å². The monoisotopic (exact) mass is 318 g/mol. The number of aromatic nitrogens is 3. The average Bonchev–Trinajstić information content (AvgIpc) is 3.06. The lowest BCUT2D eigenvalue weighted by molar-refractivity contribution is 0.415. The van der Waals surface area contributed by atoms with Gasteiger partial charge in [0.05, 0.1) is 30.0 Å². The second-order valence-corrected chi connectivity index (χ2v) is 5.74. The van der Waals surface area contributed by atoms with E-state index in [4.69, 9.17) is 4.74 Å². The first-order chi connectivity index (χ1) is 11.7. The second kappa shape index (κ2) is 5.53. The van der Waals surface area contributed by atoms with Crippen molar-refractivity contribution in [3.05, 3.63) is 54.2 Å². The van der Waals surface area contributed by atoms with Crippen molar-refractivity contribution in [3.8, 4) is 17.0 Å². The SMILES string of the molecule is CNc1nc2ccc(C)cc2n2c(-c3cccc(OC)c3)cnc12. The van der Waals surface area contributed by atoms with Gasteiger partial charge in [-0.2, -0.15) is 0 Å². The van der Waals surface area contributed by atoms with Gasteiger partial charge in [-0.1, -0.05) is 18.2 Å². The Kier molecular flexibility index (Phi) is 3.34. The summed E-state index contributed by atoms with van der Waals surface area (Å²) in [6.45, 7) is 2.08. The van der Waals surface area contributed by atoms with E-state index in [0.29, 0.717) is 0 Å². The standard InChI is InChI=1S/C19H18N4O/c1-12-7-8-15-16(9-12)23-17(11-21-19(23)18(20-2)22-15)13-5-4-6-14(10-13)24-3/h4-11H,1-3H3,(H,20,22). The molecule has 4 aromatic rings. The zero-order valence-corrected chi connectivity index (χ0v) is 13.9. The molecule has 2 aromatic heterocycles. The van der Waals surface area contributed by atoms with Crippen LogP contribution < -0.4 is 10.1 Å². The lowest BCUT2D eigenvalue weighted by Gasteiger charge is -2.11. The van der Waals surface area contributed by atoms with Crippen LogP contribution in [-0.2, 0) is 0 Å². The summed E-state index contributed by atoms with van der Waals surface area (Å²) in [5.74, 6) is 1.59. The zero-order chi connectivity index (χ0) is 16.7.